The van der Waals surface area contributed by atoms with E-state index in [9.17, 15) is 4.79 Å². The highest BCUT2D eigenvalue weighted by molar-refractivity contribution is 5.83. The second kappa shape index (κ2) is 7.87. The minimum atomic E-state index is 0.136. The molecular weight excluding hydrogens is 248 g/mol. The number of hydrogen-bond acceptors (Lipinski definition) is 2. The number of carbonyl (C=O) groups excluding carboxylic acids is 1. The van der Waals surface area contributed by atoms with Crippen molar-refractivity contribution in [3.05, 3.63) is 35.9 Å². The van der Waals surface area contributed by atoms with Gasteiger partial charge in [0, 0.05) is 31.3 Å². The maximum atomic E-state index is 11.4. The van der Waals surface area contributed by atoms with Crippen LogP contribution in [-0.2, 0) is 16.1 Å². The maximum Gasteiger partial charge on any atom is 0.136 e. The van der Waals surface area contributed by atoms with Gasteiger partial charge in [0.1, 0.15) is 5.78 Å². The molecule has 1 aromatic carbocycles. The number of unbranched alkanes of at least 4 members (excludes halogenated alkanes) is 1. The molecule has 2 heteroatoms. The zero-order valence-electron chi connectivity index (χ0n) is 12.1. The Bertz CT molecular complexity index is 481. The van der Waals surface area contributed by atoms with Crippen molar-refractivity contribution in [1.82, 2.24) is 0 Å². The topological polar surface area (TPSA) is 26.3 Å². The van der Waals surface area contributed by atoms with Gasteiger partial charge in [0.25, 0.3) is 0 Å². The quantitative estimate of drug-likeness (QED) is 0.603. The normalized spacial score (nSPS) is 21.6. The van der Waals surface area contributed by atoms with E-state index in [-0.39, 0.29) is 11.8 Å². The van der Waals surface area contributed by atoms with Gasteiger partial charge in [0.15, 0.2) is 0 Å². The Morgan fingerprint density at radius 3 is 2.80 bits per heavy atom. The minimum absolute atomic E-state index is 0.136. The molecule has 0 heterocycles. The van der Waals surface area contributed by atoms with E-state index in [4.69, 9.17) is 4.74 Å². The molecule has 106 valence electrons. The molecule has 2 atom stereocenters. The van der Waals surface area contributed by atoms with Gasteiger partial charge in [-0.25, -0.2) is 0 Å². The van der Waals surface area contributed by atoms with E-state index in [0.717, 1.165) is 25.9 Å². The Morgan fingerprint density at radius 2 is 2.10 bits per heavy atom. The molecule has 2 rings (SSSR count). The predicted molar refractivity (Wildman–Crippen MR) is 80.0 cm³/mol. The van der Waals surface area contributed by atoms with E-state index in [0.29, 0.717) is 18.8 Å². The molecule has 1 aromatic rings. The van der Waals surface area contributed by atoms with Crippen molar-refractivity contribution in [3.8, 4) is 11.8 Å². The molecule has 2 unspecified atom stereocenters. The molecule has 1 aliphatic rings. The highest BCUT2D eigenvalue weighted by atomic mass is 16.5. The summed E-state index contributed by atoms with van der Waals surface area (Å²) in [5, 5.41) is 0. The SMILES string of the molecule is CC1C(=O)CCC1C#CCCCOCc1ccccc1. The Labute approximate surface area is 121 Å². The average molecular weight is 270 g/mol. The van der Waals surface area contributed by atoms with Gasteiger partial charge in [-0.2, -0.15) is 0 Å². The van der Waals surface area contributed by atoms with Crippen LogP contribution < -0.4 is 0 Å². The average Bonchev–Trinajstić information content (AvgIpc) is 2.79. The monoisotopic (exact) mass is 270 g/mol. The Kier molecular flexibility index (Phi) is 5.83. The summed E-state index contributed by atoms with van der Waals surface area (Å²) >= 11 is 0. The first-order valence-electron chi connectivity index (χ1n) is 7.40. The van der Waals surface area contributed by atoms with E-state index in [1.54, 1.807) is 0 Å². The van der Waals surface area contributed by atoms with Crippen LogP contribution in [0.15, 0.2) is 30.3 Å². The molecule has 0 N–H and O–H groups in total. The first-order chi connectivity index (χ1) is 9.77. The van der Waals surface area contributed by atoms with E-state index in [2.05, 4.69) is 24.0 Å². The van der Waals surface area contributed by atoms with Crippen LogP contribution in [0, 0.1) is 23.7 Å². The Hall–Kier alpha value is -1.59. The second-order valence-electron chi connectivity index (χ2n) is 5.36. The largest absolute Gasteiger partial charge is 0.377 e. The summed E-state index contributed by atoms with van der Waals surface area (Å²) in [5.74, 6) is 7.23. The first-order valence-corrected chi connectivity index (χ1v) is 7.40. The van der Waals surface area contributed by atoms with E-state index >= 15 is 0 Å². The molecule has 1 aliphatic carbocycles. The molecule has 0 radical (unpaired) electrons. The first kappa shape index (κ1) is 14.8. The molecule has 0 aliphatic heterocycles. The van der Waals surface area contributed by atoms with Crippen molar-refractivity contribution in [2.75, 3.05) is 6.61 Å². The van der Waals surface area contributed by atoms with Crippen molar-refractivity contribution < 1.29 is 9.53 Å². The zero-order valence-corrected chi connectivity index (χ0v) is 12.1. The van der Waals surface area contributed by atoms with Crippen molar-refractivity contribution in [2.24, 2.45) is 11.8 Å². The van der Waals surface area contributed by atoms with Crippen molar-refractivity contribution in [1.29, 1.82) is 0 Å². The molecule has 0 saturated heterocycles. The summed E-state index contributed by atoms with van der Waals surface area (Å²) in [4.78, 5) is 11.4. The number of ether oxygens (including phenoxy) is 1. The molecule has 1 fully saturated rings. The van der Waals surface area contributed by atoms with Crippen LogP contribution in [0.3, 0.4) is 0 Å². The van der Waals surface area contributed by atoms with Gasteiger partial charge in [-0.1, -0.05) is 43.2 Å². The number of benzene rings is 1. The molecule has 20 heavy (non-hydrogen) atoms. The van der Waals surface area contributed by atoms with Crippen LogP contribution in [0.5, 0.6) is 0 Å². The lowest BCUT2D eigenvalue weighted by molar-refractivity contribution is -0.120. The number of ketones is 1. The molecule has 0 spiro atoms. The summed E-state index contributed by atoms with van der Waals surface area (Å²) < 4.78 is 5.61. The van der Waals surface area contributed by atoms with Crippen molar-refractivity contribution in [2.45, 2.75) is 39.2 Å². The van der Waals surface area contributed by atoms with Crippen LogP contribution in [-0.4, -0.2) is 12.4 Å². The van der Waals surface area contributed by atoms with Gasteiger partial charge in [-0.3, -0.25) is 4.79 Å². The molecule has 0 aromatic heterocycles. The van der Waals surface area contributed by atoms with E-state index in [1.165, 1.54) is 5.56 Å². The molecule has 1 saturated carbocycles. The molecule has 2 nitrogen and oxygen atoms in total. The number of carbonyl (C=O) groups is 1. The fraction of sp³-hybridized carbons (Fsp3) is 0.500. The Morgan fingerprint density at radius 1 is 1.30 bits per heavy atom. The summed E-state index contributed by atoms with van der Waals surface area (Å²) in [5.41, 5.74) is 1.21. The lowest BCUT2D eigenvalue weighted by Crippen LogP contribution is -2.08. The maximum absolute atomic E-state index is 11.4. The second-order valence-corrected chi connectivity index (χ2v) is 5.36. The van der Waals surface area contributed by atoms with Crippen molar-refractivity contribution >= 4 is 5.78 Å². The highest BCUT2D eigenvalue weighted by Crippen LogP contribution is 2.27. The van der Waals surface area contributed by atoms with Gasteiger partial charge in [-0.15, -0.1) is 5.92 Å². The summed E-state index contributed by atoms with van der Waals surface area (Å²) in [6, 6.07) is 10.2. The van der Waals surface area contributed by atoms with E-state index in [1.807, 2.05) is 25.1 Å². The van der Waals surface area contributed by atoms with E-state index < -0.39 is 0 Å². The minimum Gasteiger partial charge on any atom is -0.377 e. The van der Waals surface area contributed by atoms with Crippen LogP contribution >= 0.6 is 0 Å². The zero-order chi connectivity index (χ0) is 14.2. The van der Waals surface area contributed by atoms with Gasteiger partial charge in [0.2, 0.25) is 0 Å². The summed E-state index contributed by atoms with van der Waals surface area (Å²) in [7, 11) is 0. The smallest absolute Gasteiger partial charge is 0.136 e. The van der Waals surface area contributed by atoms with Gasteiger partial charge in [-0.05, 0) is 18.4 Å². The summed E-state index contributed by atoms with van der Waals surface area (Å²) in [6.07, 6.45) is 3.46. The molecule has 0 amide bonds. The number of rotatable bonds is 5. The number of hydrogen-bond donors (Lipinski definition) is 0. The van der Waals surface area contributed by atoms with Crippen LogP contribution in [0.2, 0.25) is 0 Å². The summed E-state index contributed by atoms with van der Waals surface area (Å²) in [6.45, 7) is 3.41. The third-order valence-electron chi connectivity index (χ3n) is 3.80. The van der Waals surface area contributed by atoms with Gasteiger partial charge < -0.3 is 4.74 Å². The molecule has 0 bridgehead atoms. The van der Waals surface area contributed by atoms with Crippen LogP contribution in [0.1, 0.15) is 38.2 Å². The lowest BCUT2D eigenvalue weighted by atomic mass is 9.98. The third kappa shape index (κ3) is 4.51. The lowest BCUT2D eigenvalue weighted by Gasteiger charge is -2.05. The standard InChI is InChI=1S/C18H22O2/c1-15-17(11-12-18(15)19)10-6-3-7-13-20-14-16-8-4-2-5-9-16/h2,4-5,8-9,15,17H,3,7,11-14H2,1H3. The van der Waals surface area contributed by atoms with Gasteiger partial charge in [0.05, 0.1) is 6.61 Å². The van der Waals surface area contributed by atoms with Crippen molar-refractivity contribution in [3.63, 3.8) is 0 Å². The third-order valence-corrected chi connectivity index (χ3v) is 3.80. The fourth-order valence-electron chi connectivity index (χ4n) is 2.43. The molecular formula is C18H22O2. The van der Waals surface area contributed by atoms with Crippen LogP contribution in [0.4, 0.5) is 0 Å². The van der Waals surface area contributed by atoms with Crippen LogP contribution in [0.25, 0.3) is 0 Å². The number of Topliss-reactive ketones (excluding diaryl/α,β-unsaturated/α-hetero) is 1. The highest BCUT2D eigenvalue weighted by Gasteiger charge is 2.29. The fourth-order valence-corrected chi connectivity index (χ4v) is 2.43. The Balaban J connectivity index is 1.57. The predicted octanol–water partition coefficient (Wildman–Crippen LogP) is 3.60. The van der Waals surface area contributed by atoms with Gasteiger partial charge >= 0.3 is 0 Å².